The number of amides is 1. The number of carboxylic acid groups (broad SMARTS) is 2. The second kappa shape index (κ2) is 9.10. The Bertz CT molecular complexity index is 1480. The Morgan fingerprint density at radius 3 is 2.42 bits per heavy atom. The van der Waals surface area contributed by atoms with Gasteiger partial charge in [0.15, 0.2) is 0 Å². The molecule has 1 aromatic carbocycles. The van der Waals surface area contributed by atoms with E-state index in [1.165, 1.54) is 22.9 Å². The first-order chi connectivity index (χ1) is 18.2. The molecular weight excluding hydrogens is 517 g/mol. The van der Waals surface area contributed by atoms with Gasteiger partial charge in [0.2, 0.25) is 11.3 Å². The molecule has 0 unspecified atom stereocenters. The maximum atomic E-state index is 15.3. The van der Waals surface area contributed by atoms with Crippen molar-refractivity contribution in [2.24, 2.45) is 5.73 Å². The van der Waals surface area contributed by atoms with Gasteiger partial charge in [0.25, 0.3) is 0 Å². The molecule has 2 atom stereocenters. The molecule has 1 amide bonds. The SMILES string of the molecule is N[C@H]1C(=O)N2C(C(=O)O)=C(CN3CCN(c4cc5c(cc4F)c(=O)c(C(=O)O)cn5C4CC4)CC3)CS[C@@H]12. The molecule has 4 aliphatic rings. The summed E-state index contributed by atoms with van der Waals surface area (Å²) in [5, 5.41) is 18.9. The zero-order chi connectivity index (χ0) is 26.9. The Morgan fingerprint density at radius 2 is 1.79 bits per heavy atom. The molecule has 3 aliphatic heterocycles. The number of aromatic nitrogens is 1. The number of aromatic carboxylic acids is 1. The average molecular weight is 544 g/mol. The number of carbonyl (C=O) groups is 3. The van der Waals surface area contributed by atoms with Crippen molar-refractivity contribution < 1.29 is 29.0 Å². The third-order valence-electron chi connectivity index (χ3n) is 7.69. The number of piperazine rings is 1. The van der Waals surface area contributed by atoms with E-state index in [0.29, 0.717) is 55.3 Å². The van der Waals surface area contributed by atoms with E-state index in [1.807, 2.05) is 4.90 Å². The van der Waals surface area contributed by atoms with E-state index in [9.17, 15) is 29.4 Å². The van der Waals surface area contributed by atoms with Crippen molar-refractivity contribution in [3.05, 3.63) is 51.2 Å². The van der Waals surface area contributed by atoms with Gasteiger partial charge in [0, 0.05) is 56.1 Å². The smallest absolute Gasteiger partial charge is 0.352 e. The number of rotatable bonds is 6. The van der Waals surface area contributed by atoms with Crippen molar-refractivity contribution in [1.82, 2.24) is 14.4 Å². The van der Waals surface area contributed by atoms with Crippen molar-refractivity contribution in [3.63, 3.8) is 0 Å². The van der Waals surface area contributed by atoms with Gasteiger partial charge in [-0.3, -0.25) is 19.4 Å². The van der Waals surface area contributed by atoms with Crippen LogP contribution in [0.25, 0.3) is 10.9 Å². The van der Waals surface area contributed by atoms with Crippen LogP contribution in [0, 0.1) is 5.82 Å². The van der Waals surface area contributed by atoms with Crippen LogP contribution in [-0.4, -0.2) is 92.3 Å². The van der Waals surface area contributed by atoms with Crippen LogP contribution in [0.4, 0.5) is 10.1 Å². The van der Waals surface area contributed by atoms with Gasteiger partial charge in [-0.1, -0.05) is 0 Å². The topological polar surface area (TPSA) is 149 Å². The Kier molecular flexibility index (Phi) is 5.96. The van der Waals surface area contributed by atoms with Gasteiger partial charge in [-0.05, 0) is 30.5 Å². The lowest BCUT2D eigenvalue weighted by Gasteiger charge is -2.48. The number of nitrogens with zero attached hydrogens (tertiary/aromatic N) is 4. The van der Waals surface area contributed by atoms with Crippen LogP contribution in [-0.2, 0) is 9.59 Å². The van der Waals surface area contributed by atoms with E-state index in [1.54, 1.807) is 10.6 Å². The molecule has 3 fully saturated rings. The van der Waals surface area contributed by atoms with E-state index in [-0.39, 0.29) is 34.0 Å². The number of benzene rings is 1. The predicted octanol–water partition coefficient (Wildman–Crippen LogP) is 0.877. The van der Waals surface area contributed by atoms with Crippen LogP contribution < -0.4 is 16.1 Å². The normalized spacial score (nSPS) is 24.0. The highest BCUT2D eigenvalue weighted by molar-refractivity contribution is 8.00. The van der Waals surface area contributed by atoms with Crippen molar-refractivity contribution in [3.8, 4) is 0 Å². The molecule has 2 saturated heterocycles. The summed E-state index contributed by atoms with van der Waals surface area (Å²) in [6, 6.07) is 2.18. The van der Waals surface area contributed by atoms with Crippen LogP contribution in [0.2, 0.25) is 0 Å². The fourth-order valence-corrected chi connectivity index (χ4v) is 6.81. The van der Waals surface area contributed by atoms with Gasteiger partial charge in [0.1, 0.15) is 28.5 Å². The highest BCUT2D eigenvalue weighted by Crippen LogP contribution is 2.40. The van der Waals surface area contributed by atoms with Crippen LogP contribution in [0.15, 0.2) is 34.4 Å². The number of hydrogen-bond donors (Lipinski definition) is 3. The maximum absolute atomic E-state index is 15.3. The number of thioether (sulfide) groups is 1. The molecule has 11 nitrogen and oxygen atoms in total. The summed E-state index contributed by atoms with van der Waals surface area (Å²) in [6.45, 7) is 2.42. The largest absolute Gasteiger partial charge is 0.477 e. The molecule has 1 aliphatic carbocycles. The fraction of sp³-hybridized carbons (Fsp3) is 0.440. The third kappa shape index (κ3) is 3.96. The number of fused-ring (bicyclic) bond motifs is 2. The molecule has 0 radical (unpaired) electrons. The van der Waals surface area contributed by atoms with Crippen molar-refractivity contribution >= 4 is 46.2 Å². The summed E-state index contributed by atoms with van der Waals surface area (Å²) in [6.07, 6.45) is 3.09. The molecule has 2 aromatic rings. The molecule has 4 heterocycles. The number of anilines is 1. The monoisotopic (exact) mass is 543 g/mol. The molecule has 4 N–H and O–H groups in total. The zero-order valence-electron chi connectivity index (χ0n) is 20.3. The van der Waals surface area contributed by atoms with E-state index < -0.39 is 29.2 Å². The predicted molar refractivity (Wildman–Crippen MR) is 138 cm³/mol. The first-order valence-electron chi connectivity index (χ1n) is 12.4. The Balaban J connectivity index is 1.23. The number of halogens is 1. The molecular formula is C25H26FN5O6S. The van der Waals surface area contributed by atoms with Crippen molar-refractivity contribution in [2.75, 3.05) is 43.4 Å². The van der Waals surface area contributed by atoms with Crippen LogP contribution in [0.5, 0.6) is 0 Å². The van der Waals surface area contributed by atoms with Gasteiger partial charge in [-0.15, -0.1) is 11.8 Å². The molecule has 0 spiro atoms. The molecule has 1 saturated carbocycles. The first kappa shape index (κ1) is 24.9. The maximum Gasteiger partial charge on any atom is 0.352 e. The van der Waals surface area contributed by atoms with Gasteiger partial charge in [-0.25, -0.2) is 14.0 Å². The minimum Gasteiger partial charge on any atom is -0.477 e. The summed E-state index contributed by atoms with van der Waals surface area (Å²) < 4.78 is 17.0. The van der Waals surface area contributed by atoms with Crippen LogP contribution in [0.1, 0.15) is 29.2 Å². The summed E-state index contributed by atoms with van der Waals surface area (Å²) in [5.41, 5.74) is 6.30. The van der Waals surface area contributed by atoms with Gasteiger partial charge in [-0.2, -0.15) is 0 Å². The quantitative estimate of drug-likeness (QED) is 0.448. The van der Waals surface area contributed by atoms with Gasteiger partial charge >= 0.3 is 11.9 Å². The summed E-state index contributed by atoms with van der Waals surface area (Å²) >= 11 is 1.46. The molecule has 38 heavy (non-hydrogen) atoms. The standard InChI is InChI=1S/C25H26FN5O6S/c26-16-7-14-17(30(13-1-2-13)10-15(21(14)32)24(34)35)8-18(16)29-5-3-28(4-6-29)9-12-11-38-23-19(27)22(33)31(23)20(12)25(36)37/h7-8,10,13,19,23H,1-6,9,11,27H2,(H,34,35)(H,36,37)/t19-,23-/m0/s1. The Labute approximate surface area is 220 Å². The lowest BCUT2D eigenvalue weighted by Crippen LogP contribution is -2.68. The number of nitrogens with two attached hydrogens (primary N) is 1. The highest BCUT2D eigenvalue weighted by atomic mass is 32.2. The van der Waals surface area contributed by atoms with Crippen LogP contribution >= 0.6 is 11.8 Å². The zero-order valence-corrected chi connectivity index (χ0v) is 21.1. The Hall–Kier alpha value is -3.42. The van der Waals surface area contributed by atoms with E-state index in [4.69, 9.17) is 5.73 Å². The number of pyridine rings is 1. The van der Waals surface area contributed by atoms with Crippen LogP contribution in [0.3, 0.4) is 0 Å². The molecule has 0 bridgehead atoms. The minimum absolute atomic E-state index is 0.0160. The lowest BCUT2D eigenvalue weighted by molar-refractivity contribution is -0.148. The number of hydrogen-bond acceptors (Lipinski definition) is 8. The van der Waals surface area contributed by atoms with Gasteiger partial charge < -0.3 is 25.4 Å². The number of β-lactam (4-membered cyclic amide) rings is 1. The molecule has 6 rings (SSSR count). The number of aliphatic carboxylic acids is 1. The third-order valence-corrected chi connectivity index (χ3v) is 9.05. The number of carbonyl (C=O) groups excluding carboxylic acids is 1. The van der Waals surface area contributed by atoms with Crippen molar-refractivity contribution in [1.29, 1.82) is 0 Å². The molecule has 13 heteroatoms. The van der Waals surface area contributed by atoms with Crippen molar-refractivity contribution in [2.45, 2.75) is 30.3 Å². The summed E-state index contributed by atoms with van der Waals surface area (Å²) in [4.78, 5) is 53.7. The van der Waals surface area contributed by atoms with E-state index in [0.717, 1.165) is 18.9 Å². The second-order valence-corrected chi connectivity index (χ2v) is 11.2. The minimum atomic E-state index is -1.33. The fourth-order valence-electron chi connectivity index (χ4n) is 5.53. The van der Waals surface area contributed by atoms with E-state index in [2.05, 4.69) is 4.90 Å². The molecule has 200 valence electrons. The summed E-state index contributed by atoms with van der Waals surface area (Å²) in [5.74, 6) is -2.98. The molecule has 1 aromatic heterocycles. The second-order valence-electron chi connectivity index (χ2n) is 10.1. The first-order valence-corrected chi connectivity index (χ1v) is 13.4. The average Bonchev–Trinajstić information content (AvgIpc) is 3.74. The van der Waals surface area contributed by atoms with Gasteiger partial charge in [0.05, 0.1) is 11.2 Å². The number of carboxylic acids is 2. The highest BCUT2D eigenvalue weighted by Gasteiger charge is 2.51. The summed E-state index contributed by atoms with van der Waals surface area (Å²) in [7, 11) is 0. The Morgan fingerprint density at radius 1 is 1.08 bits per heavy atom. The lowest BCUT2D eigenvalue weighted by atomic mass is 10.0. The van der Waals surface area contributed by atoms with E-state index >= 15 is 4.39 Å².